The van der Waals surface area contributed by atoms with E-state index in [2.05, 4.69) is 0 Å². The van der Waals surface area contributed by atoms with E-state index in [0.29, 0.717) is 5.75 Å². The van der Waals surface area contributed by atoms with Crippen molar-refractivity contribution in [3.63, 3.8) is 0 Å². The molecule has 1 aromatic carbocycles. The summed E-state index contributed by atoms with van der Waals surface area (Å²) in [5.74, 6) is 0.624. The summed E-state index contributed by atoms with van der Waals surface area (Å²) in [6, 6.07) is 9.98. The smallest absolute Gasteiger partial charge is 0.187 e. The molecule has 0 radical (unpaired) electrons. The molecule has 19 heavy (non-hydrogen) atoms. The number of rotatable bonds is 5. The molecule has 0 spiro atoms. The summed E-state index contributed by atoms with van der Waals surface area (Å²) in [6.45, 7) is 0.0644. The van der Waals surface area contributed by atoms with Crippen LogP contribution in [0.5, 0.6) is 5.75 Å². The van der Waals surface area contributed by atoms with Crippen molar-refractivity contribution >= 4 is 21.2 Å². The minimum atomic E-state index is -3.47. The Morgan fingerprint density at radius 2 is 1.95 bits per heavy atom. The molecule has 0 saturated heterocycles. The topological polar surface area (TPSA) is 69.4 Å². The molecule has 4 nitrogen and oxygen atoms in total. The van der Waals surface area contributed by atoms with Crippen LogP contribution in [0.2, 0.25) is 0 Å². The fourth-order valence-electron chi connectivity index (χ4n) is 1.80. The van der Waals surface area contributed by atoms with Crippen molar-refractivity contribution < 1.29 is 13.2 Å². The number of nitrogens with two attached hydrogens (primary N) is 1. The lowest BCUT2D eigenvalue weighted by Crippen LogP contribution is -2.21. The SMILES string of the molecule is COc1ccc(S(=O)(=O)[C@@H](CN)c2cccs2)cc1. The molecule has 0 fully saturated rings. The van der Waals surface area contributed by atoms with E-state index < -0.39 is 15.1 Å². The van der Waals surface area contributed by atoms with Crippen molar-refractivity contribution in [2.24, 2.45) is 5.73 Å². The highest BCUT2D eigenvalue weighted by atomic mass is 32.2. The largest absolute Gasteiger partial charge is 0.497 e. The van der Waals surface area contributed by atoms with Crippen LogP contribution in [0.1, 0.15) is 10.1 Å². The molecular weight excluding hydrogens is 282 g/mol. The maximum atomic E-state index is 12.5. The standard InChI is InChI=1S/C13H15NO3S2/c1-17-10-4-6-11(7-5-10)19(15,16)13(9-14)12-3-2-8-18-12/h2-8,13H,9,14H2,1H3/t13-/m0/s1. The van der Waals surface area contributed by atoms with E-state index >= 15 is 0 Å². The third-order valence-corrected chi connectivity index (χ3v) is 6.10. The summed E-state index contributed by atoms with van der Waals surface area (Å²) in [5.41, 5.74) is 5.65. The Hall–Kier alpha value is -1.37. The first-order valence-corrected chi connectivity index (χ1v) is 8.13. The molecule has 1 heterocycles. The molecule has 0 aliphatic heterocycles. The third kappa shape index (κ3) is 2.80. The Bertz CT molecular complexity index is 618. The van der Waals surface area contributed by atoms with Gasteiger partial charge in [-0.2, -0.15) is 0 Å². The molecule has 1 atom stereocenters. The predicted molar refractivity (Wildman–Crippen MR) is 76.3 cm³/mol. The Morgan fingerprint density at radius 1 is 1.26 bits per heavy atom. The number of hydrogen-bond acceptors (Lipinski definition) is 5. The number of thiophene rings is 1. The average molecular weight is 297 g/mol. The number of hydrogen-bond donors (Lipinski definition) is 1. The summed E-state index contributed by atoms with van der Waals surface area (Å²) in [7, 11) is -1.93. The van der Waals surface area contributed by atoms with E-state index in [0.717, 1.165) is 4.88 Å². The summed E-state index contributed by atoms with van der Waals surface area (Å²) >= 11 is 1.40. The van der Waals surface area contributed by atoms with Gasteiger partial charge >= 0.3 is 0 Å². The van der Waals surface area contributed by atoms with E-state index in [-0.39, 0.29) is 11.4 Å². The van der Waals surface area contributed by atoms with Crippen molar-refractivity contribution in [2.75, 3.05) is 13.7 Å². The van der Waals surface area contributed by atoms with Crippen LogP contribution in [0, 0.1) is 0 Å². The highest BCUT2D eigenvalue weighted by Crippen LogP contribution is 2.31. The number of benzene rings is 1. The van der Waals surface area contributed by atoms with Crippen LogP contribution in [0.4, 0.5) is 0 Å². The fraction of sp³-hybridized carbons (Fsp3) is 0.231. The van der Waals surface area contributed by atoms with Gasteiger partial charge in [0.1, 0.15) is 11.0 Å². The molecule has 0 saturated carbocycles. The van der Waals surface area contributed by atoms with Gasteiger partial charge in [-0.3, -0.25) is 0 Å². The van der Waals surface area contributed by atoms with Crippen LogP contribution in [0.15, 0.2) is 46.7 Å². The van der Waals surface area contributed by atoms with Gasteiger partial charge in [-0.25, -0.2) is 8.42 Å². The second-order valence-electron chi connectivity index (χ2n) is 3.96. The minimum absolute atomic E-state index is 0.0644. The van der Waals surface area contributed by atoms with Gasteiger partial charge in [0, 0.05) is 11.4 Å². The van der Waals surface area contributed by atoms with Crippen molar-refractivity contribution in [1.29, 1.82) is 0 Å². The van der Waals surface area contributed by atoms with Gasteiger partial charge in [0.15, 0.2) is 9.84 Å². The van der Waals surface area contributed by atoms with Gasteiger partial charge < -0.3 is 10.5 Å². The van der Waals surface area contributed by atoms with Crippen LogP contribution in [0.25, 0.3) is 0 Å². The first kappa shape index (κ1) is 14.0. The van der Waals surface area contributed by atoms with E-state index in [1.165, 1.54) is 18.4 Å². The lowest BCUT2D eigenvalue weighted by Gasteiger charge is -2.14. The number of ether oxygens (including phenoxy) is 1. The molecule has 102 valence electrons. The molecule has 2 aromatic rings. The van der Waals surface area contributed by atoms with Gasteiger partial charge in [-0.05, 0) is 35.7 Å². The van der Waals surface area contributed by atoms with E-state index in [1.54, 1.807) is 30.3 Å². The van der Waals surface area contributed by atoms with E-state index in [1.807, 2.05) is 11.4 Å². The Labute approximate surface area is 116 Å². The molecule has 6 heteroatoms. The molecular formula is C13H15NO3S2. The van der Waals surface area contributed by atoms with Crippen molar-refractivity contribution in [1.82, 2.24) is 0 Å². The van der Waals surface area contributed by atoms with Gasteiger partial charge in [-0.1, -0.05) is 6.07 Å². The quantitative estimate of drug-likeness (QED) is 0.919. The monoisotopic (exact) mass is 297 g/mol. The van der Waals surface area contributed by atoms with Crippen molar-refractivity contribution in [3.05, 3.63) is 46.7 Å². The predicted octanol–water partition coefficient (Wildman–Crippen LogP) is 2.23. The lowest BCUT2D eigenvalue weighted by molar-refractivity contribution is 0.414. The maximum absolute atomic E-state index is 12.5. The molecule has 0 amide bonds. The Balaban J connectivity index is 2.39. The van der Waals surface area contributed by atoms with Crippen LogP contribution in [-0.2, 0) is 9.84 Å². The Morgan fingerprint density at radius 3 is 2.42 bits per heavy atom. The van der Waals surface area contributed by atoms with Crippen molar-refractivity contribution in [2.45, 2.75) is 10.1 Å². The second-order valence-corrected chi connectivity index (χ2v) is 7.07. The third-order valence-electron chi connectivity index (χ3n) is 2.84. The number of sulfone groups is 1. The zero-order valence-corrected chi connectivity index (χ0v) is 12.1. The molecule has 2 N–H and O–H groups in total. The average Bonchev–Trinajstić information content (AvgIpc) is 2.93. The lowest BCUT2D eigenvalue weighted by atomic mass is 10.3. The fourth-order valence-corrected chi connectivity index (χ4v) is 4.55. The van der Waals surface area contributed by atoms with Gasteiger partial charge in [0.25, 0.3) is 0 Å². The van der Waals surface area contributed by atoms with Crippen LogP contribution in [-0.4, -0.2) is 22.1 Å². The maximum Gasteiger partial charge on any atom is 0.187 e. The second kappa shape index (κ2) is 5.73. The van der Waals surface area contributed by atoms with Crippen molar-refractivity contribution in [3.8, 4) is 5.75 Å². The minimum Gasteiger partial charge on any atom is -0.497 e. The molecule has 2 rings (SSSR count). The normalized spacial score (nSPS) is 13.2. The Kier molecular flexibility index (Phi) is 4.24. The van der Waals surface area contributed by atoms with E-state index in [4.69, 9.17) is 10.5 Å². The summed E-state index contributed by atoms with van der Waals surface area (Å²) in [6.07, 6.45) is 0. The molecule has 0 aliphatic carbocycles. The van der Waals surface area contributed by atoms with Crippen LogP contribution < -0.4 is 10.5 Å². The van der Waals surface area contributed by atoms with Gasteiger partial charge in [0.05, 0.1) is 12.0 Å². The molecule has 0 aliphatic rings. The number of methoxy groups -OCH3 is 1. The first-order valence-electron chi connectivity index (χ1n) is 5.71. The summed E-state index contributed by atoms with van der Waals surface area (Å²) in [4.78, 5) is 1.02. The van der Waals surface area contributed by atoms with Gasteiger partial charge in [-0.15, -0.1) is 11.3 Å². The highest BCUT2D eigenvalue weighted by Gasteiger charge is 2.28. The van der Waals surface area contributed by atoms with Gasteiger partial charge in [0.2, 0.25) is 0 Å². The zero-order chi connectivity index (χ0) is 13.9. The van der Waals surface area contributed by atoms with Crippen LogP contribution >= 0.6 is 11.3 Å². The first-order chi connectivity index (χ1) is 9.09. The summed E-state index contributed by atoms with van der Waals surface area (Å²) in [5, 5.41) is 1.16. The molecule has 1 aromatic heterocycles. The molecule has 0 unspecified atom stereocenters. The summed E-state index contributed by atoms with van der Waals surface area (Å²) < 4.78 is 30.1. The van der Waals surface area contributed by atoms with E-state index in [9.17, 15) is 8.42 Å². The highest BCUT2D eigenvalue weighted by molar-refractivity contribution is 7.91. The van der Waals surface area contributed by atoms with Crippen LogP contribution in [0.3, 0.4) is 0 Å². The molecule has 0 bridgehead atoms. The zero-order valence-electron chi connectivity index (χ0n) is 10.4.